The smallest absolute Gasteiger partial charge is 0.305 e. The van der Waals surface area contributed by atoms with E-state index < -0.39 is 0 Å². The van der Waals surface area contributed by atoms with Crippen LogP contribution >= 0.6 is 0 Å². The second kappa shape index (κ2) is 16.2. The molecule has 1 rings (SSSR count). The van der Waals surface area contributed by atoms with Crippen molar-refractivity contribution in [2.24, 2.45) is 0 Å². The predicted octanol–water partition coefficient (Wildman–Crippen LogP) is 1.96. The van der Waals surface area contributed by atoms with Crippen LogP contribution in [0, 0.1) is 0 Å². The molecule has 0 spiro atoms. The van der Waals surface area contributed by atoms with Crippen LogP contribution in [0.3, 0.4) is 0 Å². The number of aliphatic hydroxyl groups excluding tert-OH is 2. The van der Waals surface area contributed by atoms with E-state index in [1.165, 1.54) is 0 Å². The molecule has 0 amide bonds. The number of hydrogen-bond donors (Lipinski definition) is 2. The van der Waals surface area contributed by atoms with Crippen molar-refractivity contribution in [3.8, 4) is 0 Å². The Labute approximate surface area is 132 Å². The Hall–Kier alpha value is -1.14. The van der Waals surface area contributed by atoms with Crippen LogP contribution in [-0.4, -0.2) is 48.6 Å². The molecule has 0 aromatic carbocycles. The van der Waals surface area contributed by atoms with Crippen LogP contribution in [0.15, 0.2) is 0 Å². The Balaban J connectivity index is 0.000000980. The van der Waals surface area contributed by atoms with Crippen LogP contribution in [0.1, 0.15) is 64.2 Å². The highest BCUT2D eigenvalue weighted by atomic mass is 16.5. The maximum atomic E-state index is 11.3. The zero-order chi connectivity index (χ0) is 16.5. The third-order valence-corrected chi connectivity index (χ3v) is 3.18. The maximum absolute atomic E-state index is 11.3. The number of ether oxygens (including phenoxy) is 2. The first-order valence-electron chi connectivity index (χ1n) is 8.23. The molecule has 0 aromatic rings. The first-order valence-corrected chi connectivity index (χ1v) is 8.23. The topological polar surface area (TPSA) is 93.1 Å². The van der Waals surface area contributed by atoms with Crippen molar-refractivity contribution in [3.05, 3.63) is 0 Å². The molecule has 0 bridgehead atoms. The molecule has 1 heterocycles. The number of esters is 2. The molecular weight excluding hydrogens is 288 g/mol. The van der Waals surface area contributed by atoms with Gasteiger partial charge in [0.2, 0.25) is 0 Å². The summed E-state index contributed by atoms with van der Waals surface area (Å²) in [6.07, 6.45) is 8.67. The largest absolute Gasteiger partial charge is 0.466 e. The fraction of sp³-hybridized carbons (Fsp3) is 0.875. The molecule has 6 nitrogen and oxygen atoms in total. The van der Waals surface area contributed by atoms with Gasteiger partial charge in [-0.2, -0.15) is 0 Å². The molecule has 0 saturated carbocycles. The first kappa shape index (κ1) is 20.9. The number of rotatable bonds is 1. The Bertz CT molecular complexity index is 252. The van der Waals surface area contributed by atoms with Crippen molar-refractivity contribution in [1.29, 1.82) is 0 Å². The van der Waals surface area contributed by atoms with Gasteiger partial charge < -0.3 is 19.7 Å². The summed E-state index contributed by atoms with van der Waals surface area (Å²) in [5.41, 5.74) is 0. The number of hydrogen-bond acceptors (Lipinski definition) is 6. The summed E-state index contributed by atoms with van der Waals surface area (Å²) in [7, 11) is 0. The lowest BCUT2D eigenvalue weighted by molar-refractivity contribution is -0.146. The van der Waals surface area contributed by atoms with Gasteiger partial charge in [0.05, 0.1) is 26.4 Å². The van der Waals surface area contributed by atoms with Crippen LogP contribution < -0.4 is 0 Å². The van der Waals surface area contributed by atoms with E-state index in [4.69, 9.17) is 19.7 Å². The fourth-order valence-electron chi connectivity index (χ4n) is 1.97. The van der Waals surface area contributed by atoms with Gasteiger partial charge in [0.1, 0.15) is 0 Å². The summed E-state index contributed by atoms with van der Waals surface area (Å²) in [6, 6.07) is 0. The van der Waals surface area contributed by atoms with E-state index >= 15 is 0 Å². The summed E-state index contributed by atoms with van der Waals surface area (Å²) in [5.74, 6) is -0.286. The van der Waals surface area contributed by atoms with Gasteiger partial charge in [0, 0.05) is 12.8 Å². The minimum absolute atomic E-state index is 0.125. The van der Waals surface area contributed by atoms with Crippen molar-refractivity contribution in [2.75, 3.05) is 26.4 Å². The molecule has 0 atom stereocenters. The highest BCUT2D eigenvalue weighted by Gasteiger charge is 2.06. The summed E-state index contributed by atoms with van der Waals surface area (Å²) >= 11 is 0. The van der Waals surface area contributed by atoms with Crippen LogP contribution in [0.4, 0.5) is 0 Å². The van der Waals surface area contributed by atoms with Gasteiger partial charge in [0.15, 0.2) is 0 Å². The van der Waals surface area contributed by atoms with E-state index in [0.717, 1.165) is 38.5 Å². The maximum Gasteiger partial charge on any atom is 0.305 e. The number of aliphatic hydroxyl groups is 2. The standard InChI is InChI=1S/C14H24O4.C2H6O2/c15-13-9-5-6-10-14(16)18-12-8-4-2-1-3-7-11-17-13;3-1-2-4/h1-12H2;3-4H,1-2H2. The molecule has 2 N–H and O–H groups in total. The molecule has 1 saturated heterocycles. The van der Waals surface area contributed by atoms with Crippen LogP contribution in [0.2, 0.25) is 0 Å². The number of carbonyl (C=O) groups excluding carboxylic acids is 2. The summed E-state index contributed by atoms with van der Waals surface area (Å²) in [5, 5.41) is 15.2. The van der Waals surface area contributed by atoms with Crippen molar-refractivity contribution in [3.63, 3.8) is 0 Å². The summed E-state index contributed by atoms with van der Waals surface area (Å²) < 4.78 is 10.2. The van der Waals surface area contributed by atoms with Crippen molar-refractivity contribution < 1.29 is 29.3 Å². The minimum atomic E-state index is -0.143. The third kappa shape index (κ3) is 15.3. The van der Waals surface area contributed by atoms with Crippen LogP contribution in [-0.2, 0) is 19.1 Å². The second-order valence-electron chi connectivity index (χ2n) is 5.22. The average molecular weight is 318 g/mol. The van der Waals surface area contributed by atoms with Gasteiger partial charge in [-0.3, -0.25) is 9.59 Å². The van der Waals surface area contributed by atoms with E-state index in [1.807, 2.05) is 0 Å². The molecule has 1 aliphatic rings. The number of cyclic esters (lactones) is 2. The van der Waals surface area contributed by atoms with Crippen molar-refractivity contribution >= 4 is 11.9 Å². The quantitative estimate of drug-likeness (QED) is 0.718. The van der Waals surface area contributed by atoms with Crippen molar-refractivity contribution in [2.45, 2.75) is 64.2 Å². The lowest BCUT2D eigenvalue weighted by Crippen LogP contribution is -2.08. The van der Waals surface area contributed by atoms with E-state index in [-0.39, 0.29) is 25.2 Å². The molecule has 6 heteroatoms. The zero-order valence-electron chi connectivity index (χ0n) is 13.4. The molecule has 1 fully saturated rings. The fourth-order valence-corrected chi connectivity index (χ4v) is 1.97. The third-order valence-electron chi connectivity index (χ3n) is 3.18. The Kier molecular flexibility index (Phi) is 15.4. The lowest BCUT2D eigenvalue weighted by atomic mass is 10.1. The summed E-state index contributed by atoms with van der Waals surface area (Å²) in [6.45, 7) is 0.835. The minimum Gasteiger partial charge on any atom is -0.466 e. The molecule has 22 heavy (non-hydrogen) atoms. The van der Waals surface area contributed by atoms with E-state index in [9.17, 15) is 9.59 Å². The SMILES string of the molecule is O=C1CCCCC(=O)OCCCCCCCCO1.OCCO. The lowest BCUT2D eigenvalue weighted by Gasteiger charge is -2.07. The summed E-state index contributed by atoms with van der Waals surface area (Å²) in [4.78, 5) is 22.6. The van der Waals surface area contributed by atoms with Gasteiger partial charge in [-0.05, 0) is 25.7 Å². The molecule has 0 aliphatic carbocycles. The molecule has 0 radical (unpaired) electrons. The highest BCUT2D eigenvalue weighted by molar-refractivity contribution is 5.70. The number of carbonyl (C=O) groups is 2. The average Bonchev–Trinajstić information content (AvgIpc) is 2.52. The monoisotopic (exact) mass is 318 g/mol. The second-order valence-corrected chi connectivity index (χ2v) is 5.22. The highest BCUT2D eigenvalue weighted by Crippen LogP contribution is 2.08. The first-order chi connectivity index (χ1) is 10.7. The van der Waals surface area contributed by atoms with Gasteiger partial charge in [-0.15, -0.1) is 0 Å². The van der Waals surface area contributed by atoms with Gasteiger partial charge in [0.25, 0.3) is 0 Å². The van der Waals surface area contributed by atoms with E-state index in [2.05, 4.69) is 0 Å². The van der Waals surface area contributed by atoms with E-state index in [0.29, 0.717) is 38.9 Å². The van der Waals surface area contributed by atoms with Gasteiger partial charge in [-0.25, -0.2) is 0 Å². The molecule has 0 aromatic heterocycles. The zero-order valence-corrected chi connectivity index (χ0v) is 13.4. The van der Waals surface area contributed by atoms with Gasteiger partial charge in [-0.1, -0.05) is 25.7 Å². The molecule has 0 unspecified atom stereocenters. The predicted molar refractivity (Wildman–Crippen MR) is 82.3 cm³/mol. The Morgan fingerprint density at radius 3 is 1.36 bits per heavy atom. The van der Waals surface area contributed by atoms with E-state index in [1.54, 1.807) is 0 Å². The van der Waals surface area contributed by atoms with Crippen LogP contribution in [0.5, 0.6) is 0 Å². The van der Waals surface area contributed by atoms with Crippen LogP contribution in [0.25, 0.3) is 0 Å². The Morgan fingerprint density at radius 1 is 0.636 bits per heavy atom. The molecule has 130 valence electrons. The van der Waals surface area contributed by atoms with Gasteiger partial charge >= 0.3 is 11.9 Å². The molecule has 1 aliphatic heterocycles. The normalized spacial score (nSPS) is 19.4. The molecular formula is C16H30O6. The van der Waals surface area contributed by atoms with Crippen molar-refractivity contribution in [1.82, 2.24) is 0 Å². The Morgan fingerprint density at radius 2 is 1.00 bits per heavy atom.